The first kappa shape index (κ1) is 9.93. The van der Waals surface area contributed by atoms with Crippen LogP contribution in [0.3, 0.4) is 0 Å². The zero-order valence-electron chi connectivity index (χ0n) is 8.02. The van der Waals surface area contributed by atoms with Crippen LogP contribution >= 0.6 is 15.9 Å². The molecule has 1 unspecified atom stereocenters. The second-order valence-corrected chi connectivity index (χ2v) is 4.77. The Kier molecular flexibility index (Phi) is 3.03. The van der Waals surface area contributed by atoms with E-state index < -0.39 is 0 Å². The fraction of sp³-hybridized carbons (Fsp3) is 0.500. The van der Waals surface area contributed by atoms with Crippen LogP contribution in [0.2, 0.25) is 0 Å². The zero-order valence-corrected chi connectivity index (χ0v) is 9.60. The second kappa shape index (κ2) is 4.28. The molecule has 0 aliphatic heterocycles. The van der Waals surface area contributed by atoms with Crippen LogP contribution < -0.4 is 5.32 Å². The van der Waals surface area contributed by atoms with Gasteiger partial charge in [-0.25, -0.2) is 0 Å². The summed E-state index contributed by atoms with van der Waals surface area (Å²) >= 11 is 3.35. The Morgan fingerprint density at radius 2 is 2.64 bits per heavy atom. The van der Waals surface area contributed by atoms with Crippen molar-refractivity contribution in [3.8, 4) is 0 Å². The molecule has 4 heteroatoms. The standard InChI is InChI=1S/C10H14BrN3/c1-7(11)5-12-9-3-2-4-10-8(9)6-13-14-10/h6,9,12H,1-5H2,(H,13,14). The van der Waals surface area contributed by atoms with Gasteiger partial charge in [-0.05, 0) is 19.3 Å². The molecule has 0 saturated heterocycles. The van der Waals surface area contributed by atoms with Gasteiger partial charge in [0.1, 0.15) is 0 Å². The fourth-order valence-corrected chi connectivity index (χ4v) is 2.07. The van der Waals surface area contributed by atoms with Gasteiger partial charge in [0.15, 0.2) is 0 Å². The van der Waals surface area contributed by atoms with E-state index in [1.54, 1.807) is 0 Å². The van der Waals surface area contributed by atoms with Crippen LogP contribution in [0.5, 0.6) is 0 Å². The van der Waals surface area contributed by atoms with Crippen molar-refractivity contribution in [2.75, 3.05) is 6.54 Å². The molecule has 0 aromatic carbocycles. The first-order valence-electron chi connectivity index (χ1n) is 4.86. The van der Waals surface area contributed by atoms with E-state index in [2.05, 4.69) is 38.0 Å². The fourth-order valence-electron chi connectivity index (χ4n) is 1.91. The van der Waals surface area contributed by atoms with Crippen molar-refractivity contribution in [1.82, 2.24) is 15.5 Å². The number of nitrogens with zero attached hydrogens (tertiary/aromatic N) is 1. The molecule has 1 aromatic heterocycles. The number of aromatic nitrogens is 2. The highest BCUT2D eigenvalue weighted by molar-refractivity contribution is 9.11. The van der Waals surface area contributed by atoms with E-state index in [1.165, 1.54) is 24.1 Å². The monoisotopic (exact) mass is 255 g/mol. The molecule has 76 valence electrons. The van der Waals surface area contributed by atoms with E-state index in [0.29, 0.717) is 6.04 Å². The summed E-state index contributed by atoms with van der Waals surface area (Å²) in [6, 6.07) is 0.437. The Balaban J connectivity index is 2.05. The molecular weight excluding hydrogens is 242 g/mol. The van der Waals surface area contributed by atoms with E-state index in [9.17, 15) is 0 Å². The van der Waals surface area contributed by atoms with Crippen LogP contribution in [0.25, 0.3) is 0 Å². The van der Waals surface area contributed by atoms with Crippen LogP contribution in [0.1, 0.15) is 30.1 Å². The van der Waals surface area contributed by atoms with Gasteiger partial charge in [0, 0.05) is 28.3 Å². The normalized spacial score (nSPS) is 20.5. The third kappa shape index (κ3) is 2.07. The summed E-state index contributed by atoms with van der Waals surface area (Å²) in [6.45, 7) is 4.63. The molecule has 0 radical (unpaired) electrons. The summed E-state index contributed by atoms with van der Waals surface area (Å²) < 4.78 is 0.994. The van der Waals surface area contributed by atoms with E-state index in [4.69, 9.17) is 0 Å². The minimum atomic E-state index is 0.437. The average Bonchev–Trinajstić information content (AvgIpc) is 2.62. The lowest BCUT2D eigenvalue weighted by Gasteiger charge is -2.22. The summed E-state index contributed by atoms with van der Waals surface area (Å²) in [6.07, 6.45) is 5.47. The lowest BCUT2D eigenvalue weighted by molar-refractivity contribution is 0.478. The van der Waals surface area contributed by atoms with E-state index in [-0.39, 0.29) is 0 Å². The molecule has 0 bridgehead atoms. The molecule has 14 heavy (non-hydrogen) atoms. The Labute approximate surface area is 92.1 Å². The Hall–Kier alpha value is -0.610. The highest BCUT2D eigenvalue weighted by atomic mass is 79.9. The maximum absolute atomic E-state index is 4.08. The summed E-state index contributed by atoms with van der Waals surface area (Å²) in [7, 11) is 0. The molecule has 0 spiro atoms. The van der Waals surface area contributed by atoms with Crippen molar-refractivity contribution in [3.05, 3.63) is 28.5 Å². The number of rotatable bonds is 3. The summed E-state index contributed by atoms with van der Waals surface area (Å²) in [5.74, 6) is 0. The van der Waals surface area contributed by atoms with Crippen molar-refractivity contribution in [2.45, 2.75) is 25.3 Å². The van der Waals surface area contributed by atoms with Gasteiger partial charge in [-0.1, -0.05) is 22.5 Å². The lowest BCUT2D eigenvalue weighted by Crippen LogP contribution is -2.25. The van der Waals surface area contributed by atoms with Gasteiger partial charge < -0.3 is 5.32 Å². The maximum atomic E-state index is 4.08. The van der Waals surface area contributed by atoms with Crippen molar-refractivity contribution >= 4 is 15.9 Å². The molecule has 0 amide bonds. The maximum Gasteiger partial charge on any atom is 0.0538 e. The molecule has 0 saturated carbocycles. The second-order valence-electron chi connectivity index (χ2n) is 3.65. The van der Waals surface area contributed by atoms with Gasteiger partial charge in [-0.15, -0.1) is 0 Å². The van der Waals surface area contributed by atoms with Gasteiger partial charge in [0.05, 0.1) is 6.20 Å². The number of aryl methyl sites for hydroxylation is 1. The van der Waals surface area contributed by atoms with Gasteiger partial charge >= 0.3 is 0 Å². The summed E-state index contributed by atoms with van der Waals surface area (Å²) in [5, 5.41) is 10.6. The quantitative estimate of drug-likeness (QED) is 0.871. The van der Waals surface area contributed by atoms with Crippen LogP contribution in [-0.2, 0) is 6.42 Å². The highest BCUT2D eigenvalue weighted by Gasteiger charge is 2.20. The third-order valence-electron chi connectivity index (χ3n) is 2.59. The Bertz CT molecular complexity index is 332. The molecule has 2 rings (SSSR count). The molecule has 1 aliphatic carbocycles. The van der Waals surface area contributed by atoms with E-state index in [1.807, 2.05) is 6.20 Å². The zero-order chi connectivity index (χ0) is 9.97. The predicted molar refractivity (Wildman–Crippen MR) is 60.3 cm³/mol. The van der Waals surface area contributed by atoms with Crippen LogP contribution in [0, 0.1) is 0 Å². The molecule has 1 aromatic rings. The third-order valence-corrected chi connectivity index (χ3v) is 2.87. The number of aromatic amines is 1. The van der Waals surface area contributed by atoms with Crippen molar-refractivity contribution in [2.24, 2.45) is 0 Å². The molecule has 1 atom stereocenters. The molecule has 2 N–H and O–H groups in total. The Morgan fingerprint density at radius 3 is 3.43 bits per heavy atom. The molecule has 0 fully saturated rings. The van der Waals surface area contributed by atoms with Crippen molar-refractivity contribution < 1.29 is 0 Å². The number of nitrogens with one attached hydrogen (secondary N) is 2. The number of halogens is 1. The van der Waals surface area contributed by atoms with Crippen molar-refractivity contribution in [3.63, 3.8) is 0 Å². The Morgan fingerprint density at radius 1 is 1.79 bits per heavy atom. The highest BCUT2D eigenvalue weighted by Crippen LogP contribution is 2.27. The van der Waals surface area contributed by atoms with Gasteiger partial charge in [-0.3, -0.25) is 5.10 Å². The lowest BCUT2D eigenvalue weighted by atomic mass is 9.93. The number of fused-ring (bicyclic) bond motifs is 1. The predicted octanol–water partition coefficient (Wildman–Crippen LogP) is 2.29. The minimum absolute atomic E-state index is 0.437. The van der Waals surface area contributed by atoms with Crippen LogP contribution in [0.4, 0.5) is 0 Å². The van der Waals surface area contributed by atoms with Crippen LogP contribution in [-0.4, -0.2) is 16.7 Å². The SMILES string of the molecule is C=C(Br)CNC1CCCc2[nH]ncc21. The van der Waals surface area contributed by atoms with Crippen molar-refractivity contribution in [1.29, 1.82) is 0 Å². The molecule has 3 nitrogen and oxygen atoms in total. The molecule has 1 heterocycles. The largest absolute Gasteiger partial charge is 0.305 e. The van der Waals surface area contributed by atoms with Gasteiger partial charge in [0.25, 0.3) is 0 Å². The number of H-pyrrole nitrogens is 1. The smallest absolute Gasteiger partial charge is 0.0538 e. The van der Waals surface area contributed by atoms with E-state index in [0.717, 1.165) is 17.4 Å². The molecule has 1 aliphatic rings. The first-order valence-corrected chi connectivity index (χ1v) is 5.65. The first-order chi connectivity index (χ1) is 6.77. The van der Waals surface area contributed by atoms with Crippen LogP contribution in [0.15, 0.2) is 17.3 Å². The van der Waals surface area contributed by atoms with Gasteiger partial charge in [-0.2, -0.15) is 5.10 Å². The summed E-state index contributed by atoms with van der Waals surface area (Å²) in [5.41, 5.74) is 2.61. The van der Waals surface area contributed by atoms with E-state index >= 15 is 0 Å². The topological polar surface area (TPSA) is 40.7 Å². The number of hydrogen-bond donors (Lipinski definition) is 2. The average molecular weight is 256 g/mol. The summed E-state index contributed by atoms with van der Waals surface area (Å²) in [4.78, 5) is 0. The molecular formula is C10H14BrN3. The minimum Gasteiger partial charge on any atom is -0.305 e. The van der Waals surface area contributed by atoms with Gasteiger partial charge in [0.2, 0.25) is 0 Å². The number of hydrogen-bond acceptors (Lipinski definition) is 2.